The van der Waals surface area contributed by atoms with E-state index < -0.39 is 40.2 Å². The molecule has 7 nitrogen and oxygen atoms in total. The standard InChI is InChI=1S/C20H22Cl2FN3O4S/c1-13(20(28)24-2)25(11-14-6-4-5-7-16(14)21)19(27)12-26(31(3,29)30)15-8-9-18(23)17(22)10-15/h4-10,13H,11-12H2,1-3H3,(H,24,28). The van der Waals surface area contributed by atoms with Gasteiger partial charge in [-0.25, -0.2) is 12.8 Å². The van der Waals surface area contributed by atoms with Crippen LogP contribution >= 0.6 is 23.2 Å². The number of halogens is 3. The fourth-order valence-electron chi connectivity index (χ4n) is 2.86. The molecule has 0 aliphatic heterocycles. The lowest BCUT2D eigenvalue weighted by molar-refractivity contribution is -0.139. The number of carbonyl (C=O) groups excluding carboxylic acids is 2. The zero-order valence-corrected chi connectivity index (χ0v) is 19.4. The molecule has 0 radical (unpaired) electrons. The second kappa shape index (κ2) is 10.3. The van der Waals surface area contributed by atoms with Gasteiger partial charge >= 0.3 is 0 Å². The highest BCUT2D eigenvalue weighted by Gasteiger charge is 2.30. The third kappa shape index (κ3) is 6.32. The van der Waals surface area contributed by atoms with E-state index in [2.05, 4.69) is 5.32 Å². The Balaban J connectivity index is 2.42. The number of anilines is 1. The number of likely N-dealkylation sites (N-methyl/N-ethyl adjacent to an activating group) is 1. The Morgan fingerprint density at radius 3 is 2.32 bits per heavy atom. The smallest absolute Gasteiger partial charge is 0.244 e. The molecule has 0 aliphatic carbocycles. The highest BCUT2D eigenvalue weighted by Crippen LogP contribution is 2.25. The van der Waals surface area contributed by atoms with Crippen LogP contribution in [0.1, 0.15) is 12.5 Å². The normalized spacial score (nSPS) is 12.2. The maximum absolute atomic E-state index is 13.5. The zero-order chi connectivity index (χ0) is 23.3. The zero-order valence-electron chi connectivity index (χ0n) is 17.1. The summed E-state index contributed by atoms with van der Waals surface area (Å²) in [5.74, 6) is -1.81. The summed E-state index contributed by atoms with van der Waals surface area (Å²) >= 11 is 12.0. The molecule has 0 saturated carbocycles. The molecule has 0 heterocycles. The van der Waals surface area contributed by atoms with Crippen molar-refractivity contribution < 1.29 is 22.4 Å². The van der Waals surface area contributed by atoms with Crippen molar-refractivity contribution in [2.24, 2.45) is 0 Å². The lowest BCUT2D eigenvalue weighted by Gasteiger charge is -2.31. The van der Waals surface area contributed by atoms with Crippen LogP contribution < -0.4 is 9.62 Å². The minimum Gasteiger partial charge on any atom is -0.357 e. The van der Waals surface area contributed by atoms with Gasteiger partial charge in [-0.1, -0.05) is 41.4 Å². The van der Waals surface area contributed by atoms with E-state index in [1.165, 1.54) is 24.9 Å². The maximum Gasteiger partial charge on any atom is 0.244 e. The number of sulfonamides is 1. The van der Waals surface area contributed by atoms with E-state index in [1.54, 1.807) is 24.3 Å². The summed E-state index contributed by atoms with van der Waals surface area (Å²) in [6.45, 7) is 0.884. The van der Waals surface area contributed by atoms with Crippen molar-refractivity contribution in [1.82, 2.24) is 10.2 Å². The van der Waals surface area contributed by atoms with Crippen LogP contribution in [-0.2, 0) is 26.2 Å². The van der Waals surface area contributed by atoms with Gasteiger partial charge in [0.2, 0.25) is 21.8 Å². The van der Waals surface area contributed by atoms with Gasteiger partial charge in [-0.3, -0.25) is 13.9 Å². The van der Waals surface area contributed by atoms with Gasteiger partial charge in [0, 0.05) is 18.6 Å². The molecular formula is C20H22Cl2FN3O4S. The highest BCUT2D eigenvalue weighted by atomic mass is 35.5. The molecule has 2 aromatic rings. The summed E-state index contributed by atoms with van der Waals surface area (Å²) < 4.78 is 39.1. The summed E-state index contributed by atoms with van der Waals surface area (Å²) in [6, 6.07) is 9.23. The van der Waals surface area contributed by atoms with Gasteiger partial charge in [0.25, 0.3) is 0 Å². The van der Waals surface area contributed by atoms with Crippen LogP contribution in [0.2, 0.25) is 10.0 Å². The molecule has 0 aliphatic rings. The first-order valence-corrected chi connectivity index (χ1v) is 11.7. The summed E-state index contributed by atoms with van der Waals surface area (Å²) in [7, 11) is -2.50. The van der Waals surface area contributed by atoms with Crippen LogP contribution in [0.5, 0.6) is 0 Å². The van der Waals surface area contributed by atoms with Gasteiger partial charge in [-0.05, 0) is 36.8 Å². The fourth-order valence-corrected chi connectivity index (χ4v) is 4.07. The van der Waals surface area contributed by atoms with Crippen LogP contribution in [0, 0.1) is 5.82 Å². The van der Waals surface area contributed by atoms with Gasteiger partial charge in [0.05, 0.1) is 17.0 Å². The second-order valence-electron chi connectivity index (χ2n) is 6.77. The quantitative estimate of drug-likeness (QED) is 0.617. The second-order valence-corrected chi connectivity index (χ2v) is 9.49. The minimum atomic E-state index is -3.93. The summed E-state index contributed by atoms with van der Waals surface area (Å²) in [5, 5.41) is 2.58. The van der Waals surface area contributed by atoms with Gasteiger partial charge in [-0.15, -0.1) is 0 Å². The Kier molecular flexibility index (Phi) is 8.27. The number of nitrogens with zero attached hydrogens (tertiary/aromatic N) is 2. The molecular weight excluding hydrogens is 468 g/mol. The van der Waals surface area contributed by atoms with Crippen LogP contribution in [-0.4, -0.2) is 51.0 Å². The topological polar surface area (TPSA) is 86.8 Å². The number of hydrogen-bond donors (Lipinski definition) is 1. The first kappa shape index (κ1) is 24.9. The Labute approximate surface area is 190 Å². The molecule has 1 unspecified atom stereocenters. The van der Waals surface area contributed by atoms with Crippen LogP contribution in [0.25, 0.3) is 0 Å². The molecule has 0 bridgehead atoms. The number of rotatable bonds is 8. The third-order valence-electron chi connectivity index (χ3n) is 4.58. The van der Waals surface area contributed by atoms with Gasteiger partial charge < -0.3 is 10.2 Å². The first-order valence-electron chi connectivity index (χ1n) is 9.13. The minimum absolute atomic E-state index is 0.0190. The Morgan fingerprint density at radius 1 is 1.13 bits per heavy atom. The molecule has 0 aromatic heterocycles. The molecule has 31 heavy (non-hydrogen) atoms. The fraction of sp³-hybridized carbons (Fsp3) is 0.300. The first-order chi connectivity index (χ1) is 14.5. The summed E-state index contributed by atoms with van der Waals surface area (Å²) in [4.78, 5) is 26.7. The van der Waals surface area contributed by atoms with Crippen molar-refractivity contribution in [3.63, 3.8) is 0 Å². The molecule has 1 N–H and O–H groups in total. The molecule has 2 rings (SSSR count). The number of nitrogens with one attached hydrogen (secondary N) is 1. The van der Waals surface area contributed by atoms with Crippen LogP contribution in [0.4, 0.5) is 10.1 Å². The monoisotopic (exact) mass is 489 g/mol. The van der Waals surface area contributed by atoms with E-state index in [4.69, 9.17) is 23.2 Å². The van der Waals surface area contributed by atoms with Crippen LogP contribution in [0.3, 0.4) is 0 Å². The molecule has 0 spiro atoms. The molecule has 11 heteroatoms. The van der Waals surface area contributed by atoms with E-state index in [0.717, 1.165) is 22.7 Å². The lowest BCUT2D eigenvalue weighted by atomic mass is 10.1. The molecule has 2 aromatic carbocycles. The van der Waals surface area contributed by atoms with Crippen molar-refractivity contribution in [3.05, 3.63) is 63.9 Å². The van der Waals surface area contributed by atoms with E-state index >= 15 is 0 Å². The largest absolute Gasteiger partial charge is 0.357 e. The number of carbonyl (C=O) groups is 2. The van der Waals surface area contributed by atoms with Gasteiger partial charge in [0.1, 0.15) is 18.4 Å². The predicted molar refractivity (Wildman–Crippen MR) is 119 cm³/mol. The Hall–Kier alpha value is -2.36. The molecule has 2 amide bonds. The highest BCUT2D eigenvalue weighted by molar-refractivity contribution is 7.92. The van der Waals surface area contributed by atoms with Gasteiger partial charge in [0.15, 0.2) is 0 Å². The van der Waals surface area contributed by atoms with E-state index in [-0.39, 0.29) is 17.3 Å². The van der Waals surface area contributed by atoms with E-state index in [9.17, 15) is 22.4 Å². The number of benzene rings is 2. The average molecular weight is 490 g/mol. The van der Waals surface area contributed by atoms with Crippen molar-refractivity contribution >= 4 is 50.7 Å². The third-order valence-corrected chi connectivity index (χ3v) is 6.38. The maximum atomic E-state index is 13.5. The van der Waals surface area contributed by atoms with Crippen molar-refractivity contribution in [1.29, 1.82) is 0 Å². The van der Waals surface area contributed by atoms with E-state index in [1.807, 2.05) is 0 Å². The average Bonchev–Trinajstić information content (AvgIpc) is 2.71. The van der Waals surface area contributed by atoms with Crippen molar-refractivity contribution in [2.45, 2.75) is 19.5 Å². The number of amides is 2. The predicted octanol–water partition coefficient (Wildman–Crippen LogP) is 3.06. The van der Waals surface area contributed by atoms with Gasteiger partial charge in [-0.2, -0.15) is 0 Å². The van der Waals surface area contributed by atoms with E-state index in [0.29, 0.717) is 10.6 Å². The molecule has 1 atom stereocenters. The van der Waals surface area contributed by atoms with Crippen LogP contribution in [0.15, 0.2) is 42.5 Å². The Bertz CT molecular complexity index is 1080. The molecule has 0 fully saturated rings. The lowest BCUT2D eigenvalue weighted by Crippen LogP contribution is -2.50. The molecule has 0 saturated heterocycles. The molecule has 168 valence electrons. The van der Waals surface area contributed by atoms with Crippen molar-refractivity contribution in [2.75, 3.05) is 24.2 Å². The SMILES string of the molecule is CNC(=O)C(C)N(Cc1ccccc1Cl)C(=O)CN(c1ccc(F)c(Cl)c1)S(C)(=O)=O. The Morgan fingerprint density at radius 2 is 1.77 bits per heavy atom. The summed E-state index contributed by atoms with van der Waals surface area (Å²) in [5.41, 5.74) is 0.608. The van der Waals surface area contributed by atoms with Crippen molar-refractivity contribution in [3.8, 4) is 0 Å². The summed E-state index contributed by atoms with van der Waals surface area (Å²) in [6.07, 6.45) is 0.915. The number of hydrogen-bond acceptors (Lipinski definition) is 4.